The zero-order valence-electron chi connectivity index (χ0n) is 6.81. The van der Waals surface area contributed by atoms with E-state index in [2.05, 4.69) is 6.58 Å². The van der Waals surface area contributed by atoms with Gasteiger partial charge in [0.1, 0.15) is 17.1 Å². The molecule has 0 heterocycles. The fourth-order valence-electron chi connectivity index (χ4n) is 1.04. The Hall–Kier alpha value is -1.08. The SMILES string of the molecule is C=C(F)C1=CC(F)=C(SC#N)CC1. The van der Waals surface area contributed by atoms with Crippen LogP contribution in [0.5, 0.6) is 0 Å². The van der Waals surface area contributed by atoms with Crippen molar-refractivity contribution >= 4 is 11.8 Å². The molecule has 0 fully saturated rings. The van der Waals surface area contributed by atoms with Crippen molar-refractivity contribution < 1.29 is 8.78 Å². The molecule has 0 saturated carbocycles. The summed E-state index contributed by atoms with van der Waals surface area (Å²) in [6, 6.07) is 0. The van der Waals surface area contributed by atoms with E-state index in [1.54, 1.807) is 5.40 Å². The van der Waals surface area contributed by atoms with E-state index in [0.29, 0.717) is 17.7 Å². The van der Waals surface area contributed by atoms with Crippen molar-refractivity contribution in [3.05, 3.63) is 34.8 Å². The predicted octanol–water partition coefficient (Wildman–Crippen LogP) is 3.59. The minimum absolute atomic E-state index is 0.278. The molecule has 0 N–H and O–H groups in total. The summed E-state index contributed by atoms with van der Waals surface area (Å²) >= 11 is 0.788. The van der Waals surface area contributed by atoms with Gasteiger partial charge in [-0.3, -0.25) is 0 Å². The highest BCUT2D eigenvalue weighted by Crippen LogP contribution is 2.34. The van der Waals surface area contributed by atoms with E-state index in [1.807, 2.05) is 0 Å². The van der Waals surface area contributed by atoms with Crippen LogP contribution in [0.2, 0.25) is 0 Å². The first-order chi connectivity index (χ1) is 6.15. The van der Waals surface area contributed by atoms with Crippen molar-refractivity contribution in [3.63, 3.8) is 0 Å². The van der Waals surface area contributed by atoms with Gasteiger partial charge in [-0.25, -0.2) is 8.78 Å². The zero-order chi connectivity index (χ0) is 9.84. The second kappa shape index (κ2) is 4.24. The fourth-order valence-corrected chi connectivity index (χ4v) is 1.51. The maximum Gasteiger partial charge on any atom is 0.138 e. The lowest BCUT2D eigenvalue weighted by molar-refractivity contribution is 0.613. The number of rotatable bonds is 2. The number of nitrogens with zero attached hydrogens (tertiary/aromatic N) is 1. The summed E-state index contributed by atoms with van der Waals surface area (Å²) < 4.78 is 25.6. The molecule has 0 spiro atoms. The molecule has 1 aliphatic carbocycles. The van der Waals surface area contributed by atoms with Crippen molar-refractivity contribution in [1.82, 2.24) is 0 Å². The lowest BCUT2D eigenvalue weighted by Crippen LogP contribution is -1.94. The second-order valence-electron chi connectivity index (χ2n) is 2.54. The van der Waals surface area contributed by atoms with Crippen molar-refractivity contribution in [3.8, 4) is 5.40 Å². The quantitative estimate of drug-likeness (QED) is 0.634. The van der Waals surface area contributed by atoms with Crippen LogP contribution in [0.15, 0.2) is 34.8 Å². The molecule has 0 unspecified atom stereocenters. The summed E-state index contributed by atoms with van der Waals surface area (Å²) in [5.74, 6) is -1.12. The van der Waals surface area contributed by atoms with Gasteiger partial charge in [0, 0.05) is 4.91 Å². The monoisotopic (exact) mass is 199 g/mol. The van der Waals surface area contributed by atoms with Crippen LogP contribution in [0.1, 0.15) is 12.8 Å². The summed E-state index contributed by atoms with van der Waals surface area (Å²) in [6.07, 6.45) is 1.89. The molecule has 1 rings (SSSR count). The molecule has 0 atom stereocenters. The van der Waals surface area contributed by atoms with E-state index < -0.39 is 11.7 Å². The fraction of sp³-hybridized carbons (Fsp3) is 0.222. The molecule has 0 aromatic heterocycles. The molecule has 13 heavy (non-hydrogen) atoms. The number of nitriles is 1. The molecule has 0 amide bonds. The highest BCUT2D eigenvalue weighted by molar-refractivity contribution is 8.07. The van der Waals surface area contributed by atoms with Crippen LogP contribution in [0, 0.1) is 10.7 Å². The van der Waals surface area contributed by atoms with E-state index in [9.17, 15) is 8.78 Å². The lowest BCUT2D eigenvalue weighted by atomic mass is 10.0. The Balaban J connectivity index is 2.88. The molecule has 0 aliphatic heterocycles. The van der Waals surface area contributed by atoms with Crippen molar-refractivity contribution in [2.24, 2.45) is 0 Å². The highest BCUT2D eigenvalue weighted by Gasteiger charge is 2.15. The van der Waals surface area contributed by atoms with Crippen LogP contribution >= 0.6 is 11.8 Å². The predicted molar refractivity (Wildman–Crippen MR) is 48.9 cm³/mol. The Morgan fingerprint density at radius 3 is 2.77 bits per heavy atom. The molecule has 4 heteroatoms. The standard InChI is InChI=1S/C9H7F2NS/c1-6(10)7-2-3-9(13-5-12)8(11)4-7/h4H,1-3H2. The minimum Gasteiger partial charge on any atom is -0.207 e. The summed E-state index contributed by atoms with van der Waals surface area (Å²) in [5.41, 5.74) is 0.278. The van der Waals surface area contributed by atoms with Gasteiger partial charge in [-0.05, 0) is 36.3 Å². The smallest absolute Gasteiger partial charge is 0.138 e. The third-order valence-electron chi connectivity index (χ3n) is 1.71. The van der Waals surface area contributed by atoms with Gasteiger partial charge in [-0.2, -0.15) is 5.26 Å². The zero-order valence-corrected chi connectivity index (χ0v) is 7.63. The van der Waals surface area contributed by atoms with Gasteiger partial charge in [0.2, 0.25) is 0 Å². The van der Waals surface area contributed by atoms with E-state index in [-0.39, 0.29) is 5.57 Å². The number of thiocyanates is 1. The van der Waals surface area contributed by atoms with Crippen LogP contribution in [0.3, 0.4) is 0 Å². The van der Waals surface area contributed by atoms with Crippen LogP contribution in [0.4, 0.5) is 8.78 Å². The molecule has 68 valence electrons. The van der Waals surface area contributed by atoms with Gasteiger partial charge in [0.15, 0.2) is 0 Å². The third kappa shape index (κ3) is 2.43. The number of halogens is 2. The van der Waals surface area contributed by atoms with Crippen LogP contribution < -0.4 is 0 Å². The first kappa shape index (κ1) is 10.0. The van der Waals surface area contributed by atoms with Gasteiger partial charge in [-0.15, -0.1) is 0 Å². The van der Waals surface area contributed by atoms with Gasteiger partial charge < -0.3 is 0 Å². The number of allylic oxidation sites excluding steroid dienone is 5. The Bertz CT molecular complexity index is 336. The van der Waals surface area contributed by atoms with Gasteiger partial charge in [0.25, 0.3) is 0 Å². The minimum atomic E-state index is -0.601. The van der Waals surface area contributed by atoms with Crippen molar-refractivity contribution in [1.29, 1.82) is 5.26 Å². The van der Waals surface area contributed by atoms with Crippen molar-refractivity contribution in [2.75, 3.05) is 0 Å². The van der Waals surface area contributed by atoms with Crippen LogP contribution in [-0.4, -0.2) is 0 Å². The normalized spacial score (nSPS) is 16.5. The number of thioether (sulfide) groups is 1. The first-order valence-electron chi connectivity index (χ1n) is 3.65. The second-order valence-corrected chi connectivity index (χ2v) is 3.42. The van der Waals surface area contributed by atoms with E-state index in [0.717, 1.165) is 17.8 Å². The van der Waals surface area contributed by atoms with E-state index in [4.69, 9.17) is 5.26 Å². The first-order valence-corrected chi connectivity index (χ1v) is 4.46. The van der Waals surface area contributed by atoms with Gasteiger partial charge >= 0.3 is 0 Å². The Kier molecular flexibility index (Phi) is 3.26. The van der Waals surface area contributed by atoms with Crippen LogP contribution in [0.25, 0.3) is 0 Å². The van der Waals surface area contributed by atoms with E-state index in [1.165, 1.54) is 0 Å². The Labute approximate surface area is 79.4 Å². The third-order valence-corrected chi connectivity index (χ3v) is 2.44. The Morgan fingerprint density at radius 2 is 2.31 bits per heavy atom. The highest BCUT2D eigenvalue weighted by atomic mass is 32.2. The van der Waals surface area contributed by atoms with Gasteiger partial charge in [-0.1, -0.05) is 6.58 Å². The maximum absolute atomic E-state index is 13.1. The molecule has 0 aromatic rings. The summed E-state index contributed by atoms with van der Waals surface area (Å²) in [5, 5.41) is 10.1. The number of hydrogen-bond acceptors (Lipinski definition) is 2. The van der Waals surface area contributed by atoms with Crippen LogP contribution in [-0.2, 0) is 0 Å². The molecular weight excluding hydrogens is 192 g/mol. The molecule has 0 aromatic carbocycles. The maximum atomic E-state index is 13.1. The molecule has 1 aliphatic rings. The topological polar surface area (TPSA) is 23.8 Å². The van der Waals surface area contributed by atoms with E-state index >= 15 is 0 Å². The van der Waals surface area contributed by atoms with Crippen molar-refractivity contribution in [2.45, 2.75) is 12.8 Å². The molecule has 0 radical (unpaired) electrons. The Morgan fingerprint density at radius 1 is 1.62 bits per heavy atom. The average Bonchev–Trinajstić information content (AvgIpc) is 2.08. The largest absolute Gasteiger partial charge is 0.207 e. The summed E-state index contributed by atoms with van der Waals surface area (Å²) in [4.78, 5) is 0.368. The van der Waals surface area contributed by atoms with Gasteiger partial charge in [0.05, 0.1) is 0 Å². The molecule has 0 bridgehead atoms. The molecule has 1 nitrogen and oxygen atoms in total. The molecular formula is C9H7F2NS. The number of hydrogen-bond donors (Lipinski definition) is 0. The summed E-state index contributed by atoms with van der Waals surface area (Å²) in [6.45, 7) is 3.09. The molecule has 0 saturated heterocycles. The lowest BCUT2D eigenvalue weighted by Gasteiger charge is -2.11. The summed E-state index contributed by atoms with van der Waals surface area (Å²) in [7, 11) is 0. The average molecular weight is 199 g/mol.